The molecule has 0 unspecified atom stereocenters. The van der Waals surface area contributed by atoms with Gasteiger partial charge < -0.3 is 9.88 Å². The Kier molecular flexibility index (Phi) is 4.59. The van der Waals surface area contributed by atoms with Crippen molar-refractivity contribution in [2.24, 2.45) is 5.14 Å². The molecule has 0 fully saturated rings. The van der Waals surface area contributed by atoms with Gasteiger partial charge in [-0.3, -0.25) is 0 Å². The summed E-state index contributed by atoms with van der Waals surface area (Å²) in [6.07, 6.45) is 6.94. The zero-order chi connectivity index (χ0) is 17.0. The Hall–Kier alpha value is -2.71. The summed E-state index contributed by atoms with van der Waals surface area (Å²) < 4.78 is 25.1. The maximum Gasteiger partial charge on any atom is 0.241 e. The number of nitrogens with two attached hydrogens (primary N) is 1. The van der Waals surface area contributed by atoms with E-state index in [0.29, 0.717) is 6.54 Å². The molecular weight excluding hydrogens is 326 g/mol. The van der Waals surface area contributed by atoms with Crippen molar-refractivity contribution in [1.82, 2.24) is 14.5 Å². The second kappa shape index (κ2) is 6.81. The van der Waals surface area contributed by atoms with E-state index in [-0.39, 0.29) is 10.7 Å². The number of primary sulfonamides is 1. The number of imidazole rings is 1. The molecule has 3 rings (SSSR count). The van der Waals surface area contributed by atoms with Gasteiger partial charge in [0.25, 0.3) is 0 Å². The van der Waals surface area contributed by atoms with Crippen molar-refractivity contribution in [3.05, 3.63) is 72.4 Å². The van der Waals surface area contributed by atoms with E-state index in [4.69, 9.17) is 5.14 Å². The van der Waals surface area contributed by atoms with E-state index in [2.05, 4.69) is 15.3 Å². The molecule has 1 aromatic carbocycles. The minimum absolute atomic E-state index is 0.0123. The Bertz CT molecular complexity index is 906. The van der Waals surface area contributed by atoms with Crippen molar-refractivity contribution in [3.8, 4) is 0 Å². The van der Waals surface area contributed by atoms with Gasteiger partial charge in [-0.05, 0) is 23.3 Å². The molecule has 0 spiro atoms. The number of nitrogens with one attached hydrogen (secondary N) is 1. The van der Waals surface area contributed by atoms with Gasteiger partial charge in [-0.25, -0.2) is 23.5 Å². The molecule has 3 N–H and O–H groups in total. The molecule has 0 saturated carbocycles. The monoisotopic (exact) mass is 343 g/mol. The smallest absolute Gasteiger partial charge is 0.241 e. The molecule has 0 saturated heterocycles. The van der Waals surface area contributed by atoms with E-state index in [0.717, 1.165) is 17.7 Å². The third-order valence-corrected chi connectivity index (χ3v) is 4.43. The highest BCUT2D eigenvalue weighted by molar-refractivity contribution is 7.89. The number of hydrogen-bond donors (Lipinski definition) is 2. The van der Waals surface area contributed by atoms with Crippen LogP contribution in [0.1, 0.15) is 11.1 Å². The number of sulfonamides is 1. The Morgan fingerprint density at radius 2 is 1.83 bits per heavy atom. The number of anilines is 1. The van der Waals surface area contributed by atoms with Gasteiger partial charge in [-0.1, -0.05) is 24.3 Å². The van der Waals surface area contributed by atoms with Gasteiger partial charge in [0.1, 0.15) is 10.7 Å². The van der Waals surface area contributed by atoms with Crippen molar-refractivity contribution in [2.75, 3.05) is 5.32 Å². The lowest BCUT2D eigenvalue weighted by molar-refractivity contribution is 0.597. The molecule has 0 amide bonds. The second-order valence-corrected chi connectivity index (χ2v) is 6.83. The molecular formula is C16H17N5O2S. The van der Waals surface area contributed by atoms with Crippen LogP contribution in [0.4, 0.5) is 5.82 Å². The van der Waals surface area contributed by atoms with E-state index in [1.165, 1.54) is 18.3 Å². The van der Waals surface area contributed by atoms with Crippen LogP contribution in [0.3, 0.4) is 0 Å². The van der Waals surface area contributed by atoms with Crippen molar-refractivity contribution in [1.29, 1.82) is 0 Å². The van der Waals surface area contributed by atoms with E-state index in [1.54, 1.807) is 12.5 Å². The van der Waals surface area contributed by atoms with Crippen LogP contribution in [-0.2, 0) is 23.1 Å². The maximum absolute atomic E-state index is 11.6. The largest absolute Gasteiger partial charge is 0.365 e. The van der Waals surface area contributed by atoms with Crippen LogP contribution in [0, 0.1) is 0 Å². The van der Waals surface area contributed by atoms with Crippen LogP contribution in [0.25, 0.3) is 0 Å². The molecule has 2 aromatic heterocycles. The first kappa shape index (κ1) is 16.2. The fourth-order valence-corrected chi connectivity index (χ4v) is 2.95. The fourth-order valence-electron chi connectivity index (χ4n) is 2.29. The van der Waals surface area contributed by atoms with Gasteiger partial charge >= 0.3 is 0 Å². The van der Waals surface area contributed by atoms with E-state index in [1.807, 2.05) is 35.0 Å². The maximum atomic E-state index is 11.6. The number of aromatic nitrogens is 3. The predicted octanol–water partition coefficient (Wildman–Crippen LogP) is 1.59. The third kappa shape index (κ3) is 3.98. The number of nitrogens with zero attached hydrogens (tertiary/aromatic N) is 3. The van der Waals surface area contributed by atoms with E-state index in [9.17, 15) is 8.42 Å². The number of hydrogen-bond acceptors (Lipinski definition) is 5. The van der Waals surface area contributed by atoms with Crippen molar-refractivity contribution >= 4 is 15.8 Å². The average Bonchev–Trinajstić information content (AvgIpc) is 3.07. The zero-order valence-electron chi connectivity index (χ0n) is 12.8. The molecule has 0 aliphatic carbocycles. The summed E-state index contributed by atoms with van der Waals surface area (Å²) in [5.41, 5.74) is 2.16. The van der Waals surface area contributed by atoms with Gasteiger partial charge in [-0.15, -0.1) is 0 Å². The molecule has 0 aliphatic heterocycles. The van der Waals surface area contributed by atoms with Crippen LogP contribution in [0.15, 0.2) is 66.2 Å². The van der Waals surface area contributed by atoms with Gasteiger partial charge in [0.2, 0.25) is 10.0 Å². The van der Waals surface area contributed by atoms with Gasteiger partial charge in [0.15, 0.2) is 0 Å². The lowest BCUT2D eigenvalue weighted by Crippen LogP contribution is -2.15. The lowest BCUT2D eigenvalue weighted by atomic mass is 10.1. The van der Waals surface area contributed by atoms with Crippen molar-refractivity contribution < 1.29 is 8.42 Å². The molecule has 24 heavy (non-hydrogen) atoms. The molecule has 3 aromatic rings. The first-order chi connectivity index (χ1) is 11.5. The fraction of sp³-hybridized carbons (Fsp3) is 0.125. The first-order valence-electron chi connectivity index (χ1n) is 7.27. The molecule has 0 radical (unpaired) electrons. The number of benzene rings is 1. The summed E-state index contributed by atoms with van der Waals surface area (Å²) in [4.78, 5) is 8.05. The summed E-state index contributed by atoms with van der Waals surface area (Å²) in [6, 6.07) is 11.0. The van der Waals surface area contributed by atoms with Crippen LogP contribution >= 0.6 is 0 Å². The van der Waals surface area contributed by atoms with E-state index < -0.39 is 10.0 Å². The normalized spacial score (nSPS) is 11.4. The van der Waals surface area contributed by atoms with Crippen LogP contribution in [-0.4, -0.2) is 23.0 Å². The second-order valence-electron chi connectivity index (χ2n) is 5.30. The molecule has 0 atom stereocenters. The average molecular weight is 343 g/mol. The van der Waals surface area contributed by atoms with Gasteiger partial charge in [-0.2, -0.15) is 0 Å². The van der Waals surface area contributed by atoms with Gasteiger partial charge in [0.05, 0.1) is 6.33 Å². The highest BCUT2D eigenvalue weighted by atomic mass is 32.2. The van der Waals surface area contributed by atoms with Crippen LogP contribution in [0.2, 0.25) is 0 Å². The first-order valence-corrected chi connectivity index (χ1v) is 8.82. The Morgan fingerprint density at radius 3 is 2.50 bits per heavy atom. The predicted molar refractivity (Wildman–Crippen MR) is 90.7 cm³/mol. The Balaban J connectivity index is 1.67. The van der Waals surface area contributed by atoms with Crippen LogP contribution < -0.4 is 10.5 Å². The number of rotatable bonds is 6. The summed E-state index contributed by atoms with van der Waals surface area (Å²) in [5.74, 6) is 0.252. The Labute approximate surface area is 140 Å². The highest BCUT2D eigenvalue weighted by Gasteiger charge is 2.14. The summed E-state index contributed by atoms with van der Waals surface area (Å²) in [6.45, 7) is 1.20. The van der Waals surface area contributed by atoms with Crippen molar-refractivity contribution in [3.63, 3.8) is 0 Å². The summed E-state index contributed by atoms with van der Waals surface area (Å²) >= 11 is 0. The molecule has 0 aliphatic rings. The third-order valence-electron chi connectivity index (χ3n) is 3.48. The molecule has 8 heteroatoms. The molecule has 0 bridgehead atoms. The molecule has 2 heterocycles. The zero-order valence-corrected chi connectivity index (χ0v) is 13.6. The quantitative estimate of drug-likeness (QED) is 0.707. The molecule has 7 nitrogen and oxygen atoms in total. The summed E-state index contributed by atoms with van der Waals surface area (Å²) in [7, 11) is -3.81. The SMILES string of the molecule is NS(=O)(=O)c1cccnc1NCc1ccc(Cn2ccnc2)cc1. The standard InChI is InChI=1S/C16H17N5O2S/c17-24(22,23)15-2-1-7-19-16(15)20-10-13-3-5-14(6-4-13)11-21-9-8-18-12-21/h1-9,12H,10-11H2,(H,19,20)(H2,17,22,23). The lowest BCUT2D eigenvalue weighted by Gasteiger charge is -2.10. The minimum atomic E-state index is -3.81. The minimum Gasteiger partial charge on any atom is -0.365 e. The topological polar surface area (TPSA) is 103 Å². The number of pyridine rings is 1. The van der Waals surface area contributed by atoms with Gasteiger partial charge in [0, 0.05) is 31.7 Å². The van der Waals surface area contributed by atoms with Crippen LogP contribution in [0.5, 0.6) is 0 Å². The Morgan fingerprint density at radius 1 is 1.08 bits per heavy atom. The molecule has 124 valence electrons. The van der Waals surface area contributed by atoms with Crippen molar-refractivity contribution in [2.45, 2.75) is 18.0 Å². The summed E-state index contributed by atoms with van der Waals surface area (Å²) in [5, 5.41) is 8.21. The van der Waals surface area contributed by atoms with E-state index >= 15 is 0 Å². The highest BCUT2D eigenvalue weighted by Crippen LogP contribution is 2.17.